The van der Waals surface area contributed by atoms with Crippen LogP contribution in [0, 0.1) is 6.92 Å². The van der Waals surface area contributed by atoms with Crippen LogP contribution in [0.25, 0.3) is 0 Å². The molecule has 1 fully saturated rings. The fraction of sp³-hybridized carbons (Fsp3) is 0.312. The monoisotopic (exact) mass is 600 g/mol. The number of nitrogens with one attached hydrogen (secondary N) is 2. The number of aryl methyl sites for hydroxylation is 1. The van der Waals surface area contributed by atoms with Crippen LogP contribution in [-0.4, -0.2) is 80.6 Å². The van der Waals surface area contributed by atoms with Crippen molar-refractivity contribution in [3.63, 3.8) is 0 Å². The van der Waals surface area contributed by atoms with Crippen molar-refractivity contribution in [1.29, 1.82) is 0 Å². The number of methoxy groups -OCH3 is 1. The van der Waals surface area contributed by atoms with Crippen molar-refractivity contribution >= 4 is 29.3 Å². The van der Waals surface area contributed by atoms with Gasteiger partial charge in [-0.25, -0.2) is 0 Å². The minimum atomic E-state index is -0.576. The number of fused-ring (bicyclic) bond motifs is 8. The fourth-order valence-electron chi connectivity index (χ4n) is 5.39. The van der Waals surface area contributed by atoms with Gasteiger partial charge in [0, 0.05) is 18.7 Å². The molecule has 7 rings (SSSR count). The molecule has 44 heavy (non-hydrogen) atoms. The molecular weight excluding hydrogens is 568 g/mol. The largest absolute Gasteiger partial charge is 0.493 e. The molecule has 4 aliphatic rings. The minimum Gasteiger partial charge on any atom is -0.493 e. The number of ether oxygens (including phenoxy) is 4. The first kappa shape index (κ1) is 28.8. The fourth-order valence-corrected chi connectivity index (χ4v) is 5.39. The molecule has 3 aromatic carbocycles. The van der Waals surface area contributed by atoms with Crippen molar-refractivity contribution < 1.29 is 38.1 Å². The summed E-state index contributed by atoms with van der Waals surface area (Å²) in [7, 11) is 1.47. The summed E-state index contributed by atoms with van der Waals surface area (Å²) in [5.74, 6) is 0.361. The smallest absolute Gasteiger partial charge is 0.265 e. The summed E-state index contributed by atoms with van der Waals surface area (Å²) in [6, 6.07) is 16.8. The van der Waals surface area contributed by atoms with E-state index in [0.717, 1.165) is 11.1 Å². The van der Waals surface area contributed by atoms with Gasteiger partial charge in [0.25, 0.3) is 17.7 Å². The van der Waals surface area contributed by atoms with Crippen molar-refractivity contribution in [3.05, 3.63) is 77.4 Å². The van der Waals surface area contributed by atoms with Crippen LogP contribution in [0.2, 0.25) is 0 Å². The number of hydrogen-bond donors (Lipinski definition) is 2. The van der Waals surface area contributed by atoms with E-state index in [4.69, 9.17) is 18.9 Å². The molecule has 0 saturated carbocycles. The third-order valence-corrected chi connectivity index (χ3v) is 7.77. The zero-order chi connectivity index (χ0) is 30.8. The van der Waals surface area contributed by atoms with Gasteiger partial charge in [-0.1, -0.05) is 18.2 Å². The average molecular weight is 601 g/mol. The number of anilines is 1. The Balaban J connectivity index is 1.26. The number of carbonyl (C=O) groups is 4. The van der Waals surface area contributed by atoms with Crippen molar-refractivity contribution in [1.82, 2.24) is 15.5 Å². The van der Waals surface area contributed by atoms with Crippen LogP contribution < -0.4 is 34.5 Å². The molecule has 3 aromatic rings. The minimum absolute atomic E-state index is 0.152. The highest BCUT2D eigenvalue weighted by Gasteiger charge is 2.39. The zero-order valence-electron chi connectivity index (χ0n) is 24.3. The summed E-state index contributed by atoms with van der Waals surface area (Å²) in [6.45, 7) is 1.97. The molecule has 4 amide bonds. The van der Waals surface area contributed by atoms with E-state index >= 15 is 0 Å². The third-order valence-electron chi connectivity index (χ3n) is 7.77. The Hall–Kier alpha value is -5.26. The van der Waals surface area contributed by atoms with E-state index in [-0.39, 0.29) is 68.4 Å². The molecule has 0 spiro atoms. The van der Waals surface area contributed by atoms with Crippen LogP contribution in [0.1, 0.15) is 21.5 Å². The van der Waals surface area contributed by atoms with Crippen molar-refractivity contribution in [2.45, 2.75) is 25.6 Å². The maximum Gasteiger partial charge on any atom is 0.265 e. The second-order valence-electron chi connectivity index (χ2n) is 10.8. The molecule has 228 valence electrons. The third kappa shape index (κ3) is 6.10. The number of amides is 4. The normalized spacial score (nSPS) is 19.8. The van der Waals surface area contributed by atoms with Crippen LogP contribution in [0.4, 0.5) is 5.69 Å². The lowest BCUT2D eigenvalue weighted by Crippen LogP contribution is -2.47. The van der Waals surface area contributed by atoms with Gasteiger partial charge < -0.3 is 34.5 Å². The number of likely N-dealkylation sites (tertiary alicyclic amines) is 1. The molecule has 2 N–H and O–H groups in total. The molecule has 0 aliphatic carbocycles. The van der Waals surface area contributed by atoms with Gasteiger partial charge in [0.1, 0.15) is 24.1 Å². The quantitative estimate of drug-likeness (QED) is 0.465. The predicted molar refractivity (Wildman–Crippen MR) is 158 cm³/mol. The maximum atomic E-state index is 13.6. The Morgan fingerprint density at radius 3 is 2.55 bits per heavy atom. The standard InChI is InChI=1S/C32H32N4O8/c1-19-3-9-25-24(11-19)36(31(39)18-43-25)16-30(38)35-14-23-28(15-35)44-22-7-4-20(5-8-22)13-33-29(37)17-42-27-12-21(32(40)34-23)6-10-26(27)41-2/h3-12,23,28H,13-18H2,1-2H3,(H,33,37)(H,34,40)/t23-,28-/m0/s1. The molecule has 2 atom stereocenters. The molecule has 0 unspecified atom stereocenters. The van der Waals surface area contributed by atoms with E-state index in [9.17, 15) is 19.2 Å². The van der Waals surface area contributed by atoms with Crippen LogP contribution in [0.15, 0.2) is 60.7 Å². The number of carbonyl (C=O) groups excluding carboxylic acids is 4. The number of rotatable bonds is 3. The summed E-state index contributed by atoms with van der Waals surface area (Å²) >= 11 is 0. The Bertz CT molecular complexity index is 1610. The lowest BCUT2D eigenvalue weighted by molar-refractivity contribution is -0.131. The second-order valence-corrected chi connectivity index (χ2v) is 10.8. The highest BCUT2D eigenvalue weighted by molar-refractivity contribution is 6.02. The van der Waals surface area contributed by atoms with Crippen LogP contribution in [0.3, 0.4) is 0 Å². The van der Waals surface area contributed by atoms with Gasteiger partial charge in [0.2, 0.25) is 5.91 Å². The van der Waals surface area contributed by atoms with Gasteiger partial charge in [0.15, 0.2) is 24.7 Å². The number of hydrogen-bond acceptors (Lipinski definition) is 8. The molecule has 4 bridgehead atoms. The second kappa shape index (κ2) is 12.2. The molecule has 4 heterocycles. The molecule has 0 aromatic heterocycles. The van der Waals surface area contributed by atoms with E-state index in [2.05, 4.69) is 10.6 Å². The van der Waals surface area contributed by atoms with E-state index in [1.807, 2.05) is 31.2 Å². The van der Waals surface area contributed by atoms with Gasteiger partial charge in [-0.3, -0.25) is 24.1 Å². The Labute approximate surface area is 253 Å². The average Bonchev–Trinajstić information content (AvgIpc) is 3.42. The van der Waals surface area contributed by atoms with Gasteiger partial charge >= 0.3 is 0 Å². The zero-order valence-corrected chi connectivity index (χ0v) is 24.3. The summed E-state index contributed by atoms with van der Waals surface area (Å²) < 4.78 is 22.9. The van der Waals surface area contributed by atoms with E-state index in [1.54, 1.807) is 35.2 Å². The van der Waals surface area contributed by atoms with Gasteiger partial charge in [-0.15, -0.1) is 0 Å². The maximum absolute atomic E-state index is 13.6. The number of benzene rings is 3. The van der Waals surface area contributed by atoms with E-state index in [0.29, 0.717) is 22.9 Å². The summed E-state index contributed by atoms with van der Waals surface area (Å²) in [6.07, 6.45) is -0.576. The Kier molecular flexibility index (Phi) is 7.97. The van der Waals surface area contributed by atoms with Gasteiger partial charge in [0.05, 0.1) is 25.4 Å². The first-order valence-corrected chi connectivity index (χ1v) is 14.2. The van der Waals surface area contributed by atoms with E-state index in [1.165, 1.54) is 18.1 Å². The topological polar surface area (TPSA) is 136 Å². The highest BCUT2D eigenvalue weighted by atomic mass is 16.5. The molecule has 4 aliphatic heterocycles. The lowest BCUT2D eigenvalue weighted by Gasteiger charge is -2.30. The van der Waals surface area contributed by atoms with Crippen molar-refractivity contribution in [2.75, 3.05) is 44.9 Å². The predicted octanol–water partition coefficient (Wildman–Crippen LogP) is 1.83. The highest BCUT2D eigenvalue weighted by Crippen LogP contribution is 2.33. The summed E-state index contributed by atoms with van der Waals surface area (Å²) in [5, 5.41) is 5.81. The van der Waals surface area contributed by atoms with Gasteiger partial charge in [-0.05, 0) is 60.5 Å². The summed E-state index contributed by atoms with van der Waals surface area (Å²) in [4.78, 5) is 55.3. The first-order chi connectivity index (χ1) is 21.3. The Morgan fingerprint density at radius 1 is 0.955 bits per heavy atom. The molecule has 1 saturated heterocycles. The Morgan fingerprint density at radius 2 is 1.75 bits per heavy atom. The molecular formula is C32H32N4O8. The molecule has 0 radical (unpaired) electrons. The van der Waals surface area contributed by atoms with Crippen molar-refractivity contribution in [2.24, 2.45) is 0 Å². The first-order valence-electron chi connectivity index (χ1n) is 14.2. The van der Waals surface area contributed by atoms with Crippen molar-refractivity contribution in [3.8, 4) is 23.0 Å². The lowest BCUT2D eigenvalue weighted by atomic mass is 10.1. The van der Waals surface area contributed by atoms with E-state index < -0.39 is 18.1 Å². The van der Waals surface area contributed by atoms with Crippen LogP contribution in [-0.2, 0) is 20.9 Å². The SMILES string of the molecule is COc1ccc2cc1OCC(=O)NCc1ccc(cc1)O[C@H]1CN(C(=O)CN3C(=O)COc4ccc(C)cc43)C[C@@H]1NC2=O. The van der Waals surface area contributed by atoms with Crippen LogP contribution in [0.5, 0.6) is 23.0 Å². The molecule has 12 heteroatoms. The molecule has 12 nitrogen and oxygen atoms in total. The summed E-state index contributed by atoms with van der Waals surface area (Å²) in [5.41, 5.74) is 2.62. The van der Waals surface area contributed by atoms with Gasteiger partial charge in [-0.2, -0.15) is 0 Å². The van der Waals surface area contributed by atoms with Crippen LogP contribution >= 0.6 is 0 Å². The number of nitrogens with zero attached hydrogens (tertiary/aromatic N) is 2.